The van der Waals surface area contributed by atoms with Crippen molar-refractivity contribution in [3.8, 4) is 0 Å². The minimum atomic E-state index is 0.0239. The molecule has 2 heteroatoms. The SMILES string of the molecule is CC(C)Cc1ccc(CC(C)C)c(C(C)N)n1. The summed E-state index contributed by atoms with van der Waals surface area (Å²) < 4.78 is 0. The predicted octanol–water partition coefficient (Wildman–Crippen LogP) is 3.50. The smallest absolute Gasteiger partial charge is 0.0603 e. The maximum Gasteiger partial charge on any atom is 0.0603 e. The van der Waals surface area contributed by atoms with Crippen LogP contribution in [0.3, 0.4) is 0 Å². The highest BCUT2D eigenvalue weighted by Gasteiger charge is 2.11. The van der Waals surface area contributed by atoms with E-state index in [9.17, 15) is 0 Å². The van der Waals surface area contributed by atoms with Crippen molar-refractivity contribution in [2.45, 2.75) is 53.5 Å². The van der Waals surface area contributed by atoms with E-state index >= 15 is 0 Å². The molecule has 17 heavy (non-hydrogen) atoms. The summed E-state index contributed by atoms with van der Waals surface area (Å²) in [5.41, 5.74) is 9.58. The van der Waals surface area contributed by atoms with Gasteiger partial charge in [0.15, 0.2) is 0 Å². The average Bonchev–Trinajstić information content (AvgIpc) is 2.18. The van der Waals surface area contributed by atoms with Crippen LogP contribution in [0.4, 0.5) is 0 Å². The lowest BCUT2D eigenvalue weighted by Crippen LogP contribution is -2.14. The number of pyridine rings is 1. The number of nitrogens with two attached hydrogens (primary N) is 1. The topological polar surface area (TPSA) is 38.9 Å². The predicted molar refractivity (Wildman–Crippen MR) is 73.9 cm³/mol. The molecule has 96 valence electrons. The number of hydrogen-bond donors (Lipinski definition) is 1. The second-order valence-electron chi connectivity index (χ2n) is 5.83. The first-order chi connectivity index (χ1) is 7.90. The molecule has 0 aliphatic rings. The zero-order valence-electron chi connectivity index (χ0n) is 11.8. The molecule has 1 rings (SSSR count). The van der Waals surface area contributed by atoms with Gasteiger partial charge in [-0.25, -0.2) is 0 Å². The van der Waals surface area contributed by atoms with Crippen LogP contribution in [-0.4, -0.2) is 4.98 Å². The van der Waals surface area contributed by atoms with Crippen molar-refractivity contribution in [1.82, 2.24) is 4.98 Å². The molecule has 1 aromatic heterocycles. The molecular formula is C15H26N2. The van der Waals surface area contributed by atoms with Crippen molar-refractivity contribution >= 4 is 0 Å². The molecule has 0 spiro atoms. The highest BCUT2D eigenvalue weighted by atomic mass is 14.8. The van der Waals surface area contributed by atoms with Crippen LogP contribution in [0, 0.1) is 11.8 Å². The average molecular weight is 234 g/mol. The van der Waals surface area contributed by atoms with Gasteiger partial charge in [-0.15, -0.1) is 0 Å². The Balaban J connectivity index is 2.99. The third-order valence-corrected chi connectivity index (χ3v) is 2.75. The Kier molecular flexibility index (Phi) is 5.13. The zero-order valence-corrected chi connectivity index (χ0v) is 11.8. The largest absolute Gasteiger partial charge is 0.323 e. The van der Waals surface area contributed by atoms with Crippen molar-refractivity contribution in [2.75, 3.05) is 0 Å². The molecule has 2 N–H and O–H groups in total. The molecular weight excluding hydrogens is 208 g/mol. The molecule has 0 amide bonds. The summed E-state index contributed by atoms with van der Waals surface area (Å²) >= 11 is 0. The summed E-state index contributed by atoms with van der Waals surface area (Å²) in [6.45, 7) is 10.9. The Bertz CT molecular complexity index is 354. The number of aromatic nitrogens is 1. The van der Waals surface area contributed by atoms with Crippen LogP contribution in [0.25, 0.3) is 0 Å². The molecule has 1 heterocycles. The zero-order chi connectivity index (χ0) is 13.0. The summed E-state index contributed by atoms with van der Waals surface area (Å²) in [6, 6.07) is 4.39. The summed E-state index contributed by atoms with van der Waals surface area (Å²) in [5, 5.41) is 0. The van der Waals surface area contributed by atoms with Crippen LogP contribution >= 0.6 is 0 Å². The molecule has 0 aliphatic carbocycles. The van der Waals surface area contributed by atoms with Gasteiger partial charge in [0.2, 0.25) is 0 Å². The van der Waals surface area contributed by atoms with Crippen molar-refractivity contribution < 1.29 is 0 Å². The molecule has 0 bridgehead atoms. The van der Waals surface area contributed by atoms with Gasteiger partial charge in [0, 0.05) is 11.7 Å². The van der Waals surface area contributed by atoms with Crippen LogP contribution in [0.5, 0.6) is 0 Å². The van der Waals surface area contributed by atoms with Gasteiger partial charge in [0.05, 0.1) is 5.69 Å². The first-order valence-corrected chi connectivity index (χ1v) is 6.64. The molecule has 0 saturated carbocycles. The quantitative estimate of drug-likeness (QED) is 0.847. The van der Waals surface area contributed by atoms with E-state index in [1.165, 1.54) is 11.3 Å². The van der Waals surface area contributed by atoms with Crippen LogP contribution in [0.2, 0.25) is 0 Å². The number of hydrogen-bond acceptors (Lipinski definition) is 2. The molecule has 1 atom stereocenters. The monoisotopic (exact) mass is 234 g/mol. The van der Waals surface area contributed by atoms with E-state index in [1.54, 1.807) is 0 Å². The van der Waals surface area contributed by atoms with E-state index in [-0.39, 0.29) is 6.04 Å². The molecule has 0 fully saturated rings. The molecule has 1 unspecified atom stereocenters. The Morgan fingerprint density at radius 1 is 1.00 bits per heavy atom. The minimum Gasteiger partial charge on any atom is -0.323 e. The molecule has 0 radical (unpaired) electrons. The maximum atomic E-state index is 6.03. The van der Waals surface area contributed by atoms with Gasteiger partial charge in [-0.2, -0.15) is 0 Å². The van der Waals surface area contributed by atoms with Gasteiger partial charge in [-0.3, -0.25) is 4.98 Å². The Hall–Kier alpha value is -0.890. The molecule has 0 saturated heterocycles. The van der Waals surface area contributed by atoms with Crippen molar-refractivity contribution in [3.05, 3.63) is 29.1 Å². The number of nitrogens with zero attached hydrogens (tertiary/aromatic N) is 1. The van der Waals surface area contributed by atoms with E-state index in [0.29, 0.717) is 11.8 Å². The molecule has 0 aliphatic heterocycles. The first kappa shape index (κ1) is 14.2. The van der Waals surface area contributed by atoms with Crippen molar-refractivity contribution in [2.24, 2.45) is 17.6 Å². The normalized spacial score (nSPS) is 13.4. The van der Waals surface area contributed by atoms with Crippen LogP contribution in [-0.2, 0) is 12.8 Å². The van der Waals surface area contributed by atoms with Gasteiger partial charge in [0.1, 0.15) is 0 Å². The van der Waals surface area contributed by atoms with Crippen molar-refractivity contribution in [1.29, 1.82) is 0 Å². The van der Waals surface area contributed by atoms with Gasteiger partial charge in [-0.05, 0) is 43.2 Å². The van der Waals surface area contributed by atoms with Crippen LogP contribution < -0.4 is 5.73 Å². The Morgan fingerprint density at radius 3 is 2.06 bits per heavy atom. The second-order valence-corrected chi connectivity index (χ2v) is 5.83. The summed E-state index contributed by atoms with van der Waals surface area (Å²) in [6.07, 6.45) is 2.09. The van der Waals surface area contributed by atoms with E-state index in [0.717, 1.165) is 18.5 Å². The highest BCUT2D eigenvalue weighted by Crippen LogP contribution is 2.19. The summed E-state index contributed by atoms with van der Waals surface area (Å²) in [5.74, 6) is 1.28. The van der Waals surface area contributed by atoms with Crippen LogP contribution in [0.15, 0.2) is 12.1 Å². The van der Waals surface area contributed by atoms with Gasteiger partial charge >= 0.3 is 0 Å². The maximum absolute atomic E-state index is 6.03. The fourth-order valence-corrected chi connectivity index (χ4v) is 2.08. The molecule has 1 aromatic rings. The van der Waals surface area contributed by atoms with Crippen molar-refractivity contribution in [3.63, 3.8) is 0 Å². The van der Waals surface area contributed by atoms with E-state index in [1.807, 2.05) is 6.92 Å². The summed E-state index contributed by atoms with van der Waals surface area (Å²) in [7, 11) is 0. The molecule has 2 nitrogen and oxygen atoms in total. The number of rotatable bonds is 5. The minimum absolute atomic E-state index is 0.0239. The first-order valence-electron chi connectivity index (χ1n) is 6.64. The van der Waals surface area contributed by atoms with E-state index < -0.39 is 0 Å². The fraction of sp³-hybridized carbons (Fsp3) is 0.667. The highest BCUT2D eigenvalue weighted by molar-refractivity contribution is 5.26. The lowest BCUT2D eigenvalue weighted by Gasteiger charge is -2.15. The Labute approximate surface area is 106 Å². The standard InChI is InChI=1S/C15H26N2/c1-10(2)8-13-6-7-14(9-11(3)4)17-15(13)12(5)16/h6-7,10-12H,8-9,16H2,1-5H3. The summed E-state index contributed by atoms with van der Waals surface area (Å²) in [4.78, 5) is 4.74. The van der Waals surface area contributed by atoms with Gasteiger partial charge < -0.3 is 5.73 Å². The third kappa shape index (κ3) is 4.47. The van der Waals surface area contributed by atoms with Gasteiger partial charge in [-0.1, -0.05) is 33.8 Å². The lowest BCUT2D eigenvalue weighted by atomic mass is 9.97. The molecule has 0 aromatic carbocycles. The fourth-order valence-electron chi connectivity index (χ4n) is 2.08. The van der Waals surface area contributed by atoms with E-state index in [4.69, 9.17) is 10.7 Å². The lowest BCUT2D eigenvalue weighted by molar-refractivity contribution is 0.611. The van der Waals surface area contributed by atoms with Gasteiger partial charge in [0.25, 0.3) is 0 Å². The second kappa shape index (κ2) is 6.15. The van der Waals surface area contributed by atoms with E-state index in [2.05, 4.69) is 39.8 Å². The van der Waals surface area contributed by atoms with Crippen LogP contribution in [0.1, 0.15) is 57.6 Å². The third-order valence-electron chi connectivity index (χ3n) is 2.75. The Morgan fingerprint density at radius 2 is 1.59 bits per heavy atom.